The van der Waals surface area contributed by atoms with Gasteiger partial charge in [-0.3, -0.25) is 24.2 Å². The van der Waals surface area contributed by atoms with Crippen LogP contribution in [0.5, 0.6) is 0 Å². The summed E-state index contributed by atoms with van der Waals surface area (Å²) in [4.78, 5) is 50.0. The number of rotatable bonds is 8. The van der Waals surface area contributed by atoms with Crippen LogP contribution in [-0.2, 0) is 25.8 Å². The number of amides is 3. The van der Waals surface area contributed by atoms with Crippen LogP contribution >= 0.6 is 0 Å². The van der Waals surface area contributed by atoms with Gasteiger partial charge in [0.15, 0.2) is 0 Å². The number of likely N-dealkylation sites (N-methyl/N-ethyl adjacent to an activating group) is 2. The van der Waals surface area contributed by atoms with Gasteiger partial charge in [0, 0.05) is 26.7 Å². The molecule has 1 N–H and O–H groups in total. The zero-order chi connectivity index (χ0) is 26.8. The molecule has 1 aromatic carbocycles. The number of aliphatic hydroxyl groups excluding tert-OH is 1. The molecule has 10 nitrogen and oxygen atoms in total. The SMILES string of the molecule is C[C@@H](O)[C@@H](C(=O)N(C)C)N(C)CC1CCC2(CN(OCc3ccccc3)C2=O)N1C(=O)OC(C)(C)C. The maximum absolute atomic E-state index is 13.4. The Morgan fingerprint density at radius 1 is 1.19 bits per heavy atom. The molecule has 0 aliphatic carbocycles. The predicted octanol–water partition coefficient (Wildman–Crippen LogP) is 1.87. The minimum atomic E-state index is -1.05. The number of carbonyl (C=O) groups excluding carboxylic acids is 3. The van der Waals surface area contributed by atoms with Crippen LogP contribution in [0.15, 0.2) is 30.3 Å². The molecule has 2 aliphatic heterocycles. The summed E-state index contributed by atoms with van der Waals surface area (Å²) in [6.07, 6.45) is -0.454. The second-order valence-corrected chi connectivity index (χ2v) is 11.0. The summed E-state index contributed by atoms with van der Waals surface area (Å²) >= 11 is 0. The van der Waals surface area contributed by atoms with Gasteiger partial charge in [-0.2, -0.15) is 0 Å². The maximum atomic E-state index is 13.4. The first-order chi connectivity index (χ1) is 16.8. The highest BCUT2D eigenvalue weighted by Crippen LogP contribution is 2.43. The van der Waals surface area contributed by atoms with Crippen LogP contribution in [0.25, 0.3) is 0 Å². The van der Waals surface area contributed by atoms with Crippen LogP contribution in [0.4, 0.5) is 4.79 Å². The van der Waals surface area contributed by atoms with Gasteiger partial charge >= 0.3 is 6.09 Å². The summed E-state index contributed by atoms with van der Waals surface area (Å²) in [5, 5.41) is 11.6. The highest BCUT2D eigenvalue weighted by Gasteiger charge is 2.64. The second kappa shape index (κ2) is 10.7. The van der Waals surface area contributed by atoms with Crippen LogP contribution in [0, 0.1) is 0 Å². The lowest BCUT2D eigenvalue weighted by atomic mass is 9.88. The number of hydrogen-bond donors (Lipinski definition) is 1. The number of likely N-dealkylation sites (tertiary alicyclic amines) is 1. The molecule has 2 unspecified atom stereocenters. The van der Waals surface area contributed by atoms with Gasteiger partial charge in [-0.15, -0.1) is 0 Å². The molecule has 0 aromatic heterocycles. The Kier molecular flexibility index (Phi) is 8.32. The Labute approximate surface area is 213 Å². The molecule has 2 saturated heterocycles. The average molecular weight is 505 g/mol. The van der Waals surface area contributed by atoms with E-state index in [1.807, 2.05) is 30.3 Å². The third-order valence-corrected chi connectivity index (χ3v) is 6.69. The van der Waals surface area contributed by atoms with Crippen molar-refractivity contribution in [2.24, 2.45) is 0 Å². The standard InChI is InChI=1S/C26H40N4O6/c1-18(31)21(22(32)27(5)6)28(7)15-20-13-14-26(30(20)24(34)36-25(2,3)4)17-29(23(26)33)35-16-19-11-9-8-10-12-19/h8-12,18,20-21,31H,13-17H2,1-7H3/t18-,20?,21+,26?/m1/s1. The van der Waals surface area contributed by atoms with Gasteiger partial charge in [0.05, 0.1) is 12.6 Å². The Balaban J connectivity index is 1.78. The van der Waals surface area contributed by atoms with E-state index < -0.39 is 29.4 Å². The summed E-state index contributed by atoms with van der Waals surface area (Å²) in [7, 11) is 5.02. The van der Waals surface area contributed by atoms with Gasteiger partial charge < -0.3 is 14.7 Å². The average Bonchev–Trinajstić information content (AvgIpc) is 3.16. The van der Waals surface area contributed by atoms with E-state index >= 15 is 0 Å². The van der Waals surface area contributed by atoms with Crippen molar-refractivity contribution in [2.75, 3.05) is 34.2 Å². The van der Waals surface area contributed by atoms with Crippen LogP contribution in [0.1, 0.15) is 46.1 Å². The molecule has 2 heterocycles. The Morgan fingerprint density at radius 2 is 1.83 bits per heavy atom. The lowest BCUT2D eigenvalue weighted by molar-refractivity contribution is -0.242. The number of hydrogen-bond acceptors (Lipinski definition) is 7. The monoisotopic (exact) mass is 504 g/mol. The van der Waals surface area contributed by atoms with E-state index in [0.29, 0.717) is 19.4 Å². The molecule has 3 rings (SSSR count). The number of benzene rings is 1. The molecule has 36 heavy (non-hydrogen) atoms. The Hall–Kier alpha value is -2.69. The van der Waals surface area contributed by atoms with Crippen molar-refractivity contribution in [1.82, 2.24) is 19.8 Å². The van der Waals surface area contributed by atoms with Gasteiger partial charge in [0.1, 0.15) is 23.8 Å². The predicted molar refractivity (Wildman–Crippen MR) is 134 cm³/mol. The highest BCUT2D eigenvalue weighted by atomic mass is 16.7. The van der Waals surface area contributed by atoms with Gasteiger partial charge in [0.25, 0.3) is 5.91 Å². The first kappa shape index (κ1) is 27.9. The Bertz CT molecular complexity index is 948. The van der Waals surface area contributed by atoms with Crippen LogP contribution in [-0.4, -0.2) is 106 Å². The summed E-state index contributed by atoms with van der Waals surface area (Å²) in [5.41, 5.74) is -0.844. The second-order valence-electron chi connectivity index (χ2n) is 11.0. The van der Waals surface area contributed by atoms with E-state index in [4.69, 9.17) is 9.57 Å². The van der Waals surface area contributed by atoms with E-state index in [1.165, 1.54) is 9.96 Å². The fourth-order valence-electron chi connectivity index (χ4n) is 5.00. The van der Waals surface area contributed by atoms with Crippen LogP contribution in [0.2, 0.25) is 0 Å². The molecule has 3 amide bonds. The largest absolute Gasteiger partial charge is 0.444 e. The minimum Gasteiger partial charge on any atom is -0.444 e. The Morgan fingerprint density at radius 3 is 2.36 bits per heavy atom. The minimum absolute atomic E-state index is 0.232. The molecule has 10 heteroatoms. The number of aliphatic hydroxyl groups is 1. The van der Waals surface area contributed by atoms with E-state index in [1.54, 1.807) is 58.6 Å². The number of nitrogens with zero attached hydrogens (tertiary/aromatic N) is 4. The molecular formula is C26H40N4O6. The zero-order valence-corrected chi connectivity index (χ0v) is 22.4. The van der Waals surface area contributed by atoms with E-state index in [-0.39, 0.29) is 31.0 Å². The number of hydroxylamine groups is 2. The molecular weight excluding hydrogens is 464 g/mol. The van der Waals surface area contributed by atoms with Crippen LogP contribution in [0.3, 0.4) is 0 Å². The molecule has 1 aromatic rings. The topological polar surface area (TPSA) is 103 Å². The third-order valence-electron chi connectivity index (χ3n) is 6.69. The fourth-order valence-corrected chi connectivity index (χ4v) is 5.00. The van der Waals surface area contributed by atoms with Crippen molar-refractivity contribution in [2.45, 2.75) is 76.5 Å². The molecule has 4 atom stereocenters. The van der Waals surface area contributed by atoms with Crippen molar-refractivity contribution < 1.29 is 29.1 Å². The zero-order valence-electron chi connectivity index (χ0n) is 22.4. The molecule has 200 valence electrons. The number of carbonyl (C=O) groups is 3. The van der Waals surface area contributed by atoms with Gasteiger partial charge in [-0.05, 0) is 53.1 Å². The molecule has 0 saturated carbocycles. The summed E-state index contributed by atoms with van der Waals surface area (Å²) < 4.78 is 5.70. The molecule has 0 radical (unpaired) electrons. The van der Waals surface area contributed by atoms with Gasteiger partial charge in [-0.1, -0.05) is 30.3 Å². The summed E-state index contributed by atoms with van der Waals surface area (Å²) in [6, 6.07) is 8.41. The number of β-lactam (4-membered cyclic amide) rings is 1. The smallest absolute Gasteiger partial charge is 0.411 e. The quantitative estimate of drug-likeness (QED) is 0.539. The number of ether oxygens (including phenoxy) is 1. The first-order valence-electron chi connectivity index (χ1n) is 12.4. The van der Waals surface area contributed by atoms with Crippen molar-refractivity contribution in [1.29, 1.82) is 0 Å². The van der Waals surface area contributed by atoms with E-state index in [2.05, 4.69) is 0 Å². The molecule has 2 fully saturated rings. The lowest BCUT2D eigenvalue weighted by Crippen LogP contribution is -2.74. The maximum Gasteiger partial charge on any atom is 0.411 e. The van der Waals surface area contributed by atoms with Crippen molar-refractivity contribution in [3.8, 4) is 0 Å². The van der Waals surface area contributed by atoms with Gasteiger partial charge in [0.2, 0.25) is 5.91 Å². The summed E-state index contributed by atoms with van der Waals surface area (Å²) in [6.45, 7) is 7.72. The van der Waals surface area contributed by atoms with E-state index in [9.17, 15) is 19.5 Å². The van der Waals surface area contributed by atoms with Crippen LogP contribution < -0.4 is 0 Å². The normalized spacial score (nSPS) is 23.6. The molecule has 2 aliphatic rings. The third kappa shape index (κ3) is 5.82. The highest BCUT2D eigenvalue weighted by molar-refractivity contribution is 5.95. The first-order valence-corrected chi connectivity index (χ1v) is 12.4. The summed E-state index contributed by atoms with van der Waals surface area (Å²) in [5.74, 6) is -0.505. The van der Waals surface area contributed by atoms with Crippen molar-refractivity contribution in [3.05, 3.63) is 35.9 Å². The molecule has 1 spiro atoms. The van der Waals surface area contributed by atoms with Crippen molar-refractivity contribution >= 4 is 17.9 Å². The molecule has 0 bridgehead atoms. The lowest BCUT2D eigenvalue weighted by Gasteiger charge is -2.51. The van der Waals surface area contributed by atoms with Crippen molar-refractivity contribution in [3.63, 3.8) is 0 Å². The van der Waals surface area contributed by atoms with E-state index in [0.717, 1.165) is 5.56 Å². The fraction of sp³-hybridized carbons (Fsp3) is 0.654. The van der Waals surface area contributed by atoms with Gasteiger partial charge in [-0.25, -0.2) is 9.86 Å².